The third-order valence-electron chi connectivity index (χ3n) is 4.05. The highest BCUT2D eigenvalue weighted by Gasteiger charge is 2.37. The normalized spacial score (nSPS) is 18.8. The second kappa shape index (κ2) is 6.89. The summed E-state index contributed by atoms with van der Waals surface area (Å²) in [5.41, 5.74) is -2.65. The summed E-state index contributed by atoms with van der Waals surface area (Å²) in [5, 5.41) is 0. The number of amides is 2. The molecule has 1 fully saturated rings. The number of hydrogen-bond acceptors (Lipinski definition) is 3. The van der Waals surface area contributed by atoms with Crippen LogP contribution in [0.4, 0.5) is 13.2 Å². The minimum atomic E-state index is -4.68. The summed E-state index contributed by atoms with van der Waals surface area (Å²) in [6.45, 7) is 6.40. The fraction of sp³-hybridized carbons (Fsp3) is 0.562. The number of nitrogens with one attached hydrogen (secondary N) is 1. The Kier molecular flexibility index (Phi) is 5.24. The van der Waals surface area contributed by atoms with Crippen LogP contribution in [-0.2, 0) is 11.0 Å². The van der Waals surface area contributed by atoms with E-state index in [-0.39, 0.29) is 24.9 Å². The van der Waals surface area contributed by atoms with Gasteiger partial charge in [-0.25, -0.2) is 0 Å². The SMILES string of the molecule is CC(C)CN1CCN(C(=O)c2cc(C(F)(F)F)c[nH]c2=O)C(C)C1=O. The van der Waals surface area contributed by atoms with Crippen molar-refractivity contribution in [3.05, 3.63) is 33.7 Å². The zero-order valence-corrected chi connectivity index (χ0v) is 14.2. The van der Waals surface area contributed by atoms with Gasteiger partial charge in [-0.15, -0.1) is 0 Å². The maximum absolute atomic E-state index is 12.8. The van der Waals surface area contributed by atoms with Gasteiger partial charge in [-0.1, -0.05) is 13.8 Å². The highest BCUT2D eigenvalue weighted by atomic mass is 19.4. The molecule has 1 aromatic rings. The Hall–Kier alpha value is -2.32. The fourth-order valence-electron chi connectivity index (χ4n) is 2.79. The van der Waals surface area contributed by atoms with Gasteiger partial charge in [0, 0.05) is 25.8 Å². The molecule has 0 saturated carbocycles. The summed E-state index contributed by atoms with van der Waals surface area (Å²) in [7, 11) is 0. The van der Waals surface area contributed by atoms with E-state index in [1.807, 2.05) is 18.8 Å². The number of hydrogen-bond donors (Lipinski definition) is 1. The van der Waals surface area contributed by atoms with E-state index in [2.05, 4.69) is 0 Å². The van der Waals surface area contributed by atoms with Crippen molar-refractivity contribution in [2.45, 2.75) is 33.0 Å². The number of rotatable bonds is 3. The number of nitrogens with zero attached hydrogens (tertiary/aromatic N) is 2. The second-order valence-electron chi connectivity index (χ2n) is 6.48. The first-order chi connectivity index (χ1) is 11.5. The monoisotopic (exact) mass is 359 g/mol. The Morgan fingerprint density at radius 3 is 2.52 bits per heavy atom. The van der Waals surface area contributed by atoms with E-state index in [1.165, 1.54) is 6.92 Å². The van der Waals surface area contributed by atoms with Gasteiger partial charge in [0.05, 0.1) is 5.56 Å². The third-order valence-corrected chi connectivity index (χ3v) is 4.05. The number of alkyl halides is 3. The van der Waals surface area contributed by atoms with Crippen LogP contribution in [0.3, 0.4) is 0 Å². The van der Waals surface area contributed by atoms with Crippen molar-refractivity contribution in [2.24, 2.45) is 5.92 Å². The molecule has 1 saturated heterocycles. The van der Waals surface area contributed by atoms with Crippen LogP contribution >= 0.6 is 0 Å². The summed E-state index contributed by atoms with van der Waals surface area (Å²) >= 11 is 0. The number of carbonyl (C=O) groups is 2. The topological polar surface area (TPSA) is 73.5 Å². The van der Waals surface area contributed by atoms with E-state index in [9.17, 15) is 27.6 Å². The molecule has 9 heteroatoms. The van der Waals surface area contributed by atoms with Gasteiger partial charge in [0.25, 0.3) is 11.5 Å². The summed E-state index contributed by atoms with van der Waals surface area (Å²) in [6.07, 6.45) is -4.16. The van der Waals surface area contributed by atoms with Gasteiger partial charge in [0.1, 0.15) is 11.6 Å². The number of carbonyl (C=O) groups excluding carboxylic acids is 2. The largest absolute Gasteiger partial charge is 0.417 e. The lowest BCUT2D eigenvalue weighted by molar-refractivity contribution is -0.140. The van der Waals surface area contributed by atoms with Crippen molar-refractivity contribution < 1.29 is 22.8 Å². The number of aromatic amines is 1. The van der Waals surface area contributed by atoms with Crippen molar-refractivity contribution in [3.8, 4) is 0 Å². The van der Waals surface area contributed by atoms with Crippen molar-refractivity contribution >= 4 is 11.8 Å². The number of halogens is 3. The van der Waals surface area contributed by atoms with Gasteiger partial charge in [0.15, 0.2) is 0 Å². The molecule has 0 bridgehead atoms. The average molecular weight is 359 g/mol. The standard InChI is InChI=1S/C16H20F3N3O3/c1-9(2)8-21-4-5-22(10(3)14(21)24)15(25)12-6-11(16(17,18)19)7-20-13(12)23/h6-7,9-10H,4-5,8H2,1-3H3,(H,20,23). The van der Waals surface area contributed by atoms with Crippen molar-refractivity contribution in [1.82, 2.24) is 14.8 Å². The van der Waals surface area contributed by atoms with Gasteiger partial charge in [-0.05, 0) is 18.9 Å². The molecular weight excluding hydrogens is 339 g/mol. The molecule has 1 aliphatic rings. The number of aromatic nitrogens is 1. The van der Waals surface area contributed by atoms with Gasteiger partial charge >= 0.3 is 6.18 Å². The van der Waals surface area contributed by atoms with E-state index < -0.39 is 34.8 Å². The summed E-state index contributed by atoms with van der Waals surface area (Å²) < 4.78 is 38.4. The van der Waals surface area contributed by atoms with E-state index in [0.717, 1.165) is 4.90 Å². The molecule has 0 aromatic carbocycles. The van der Waals surface area contributed by atoms with Gasteiger partial charge in [-0.2, -0.15) is 13.2 Å². The summed E-state index contributed by atoms with van der Waals surface area (Å²) in [4.78, 5) is 41.5. The van der Waals surface area contributed by atoms with E-state index in [1.54, 1.807) is 4.90 Å². The molecule has 2 rings (SSSR count). The summed E-state index contributed by atoms with van der Waals surface area (Å²) in [6, 6.07) is -0.312. The van der Waals surface area contributed by atoms with E-state index in [0.29, 0.717) is 18.8 Å². The molecule has 6 nitrogen and oxygen atoms in total. The Morgan fingerprint density at radius 1 is 1.32 bits per heavy atom. The zero-order valence-electron chi connectivity index (χ0n) is 14.2. The molecule has 2 heterocycles. The molecule has 0 radical (unpaired) electrons. The van der Waals surface area contributed by atoms with Crippen LogP contribution in [0.5, 0.6) is 0 Å². The predicted octanol–water partition coefficient (Wildman–Crippen LogP) is 1.72. The highest BCUT2D eigenvalue weighted by molar-refractivity contribution is 5.98. The quantitative estimate of drug-likeness (QED) is 0.893. The van der Waals surface area contributed by atoms with Crippen molar-refractivity contribution in [1.29, 1.82) is 0 Å². The lowest BCUT2D eigenvalue weighted by Crippen LogP contribution is -2.58. The zero-order chi connectivity index (χ0) is 18.9. The Labute approximate surface area is 142 Å². The van der Waals surface area contributed by atoms with E-state index >= 15 is 0 Å². The molecule has 2 amide bonds. The first-order valence-corrected chi connectivity index (χ1v) is 7.92. The molecule has 1 aromatic heterocycles. The lowest BCUT2D eigenvalue weighted by atomic mass is 10.1. The van der Waals surface area contributed by atoms with Gasteiger partial charge in [-0.3, -0.25) is 14.4 Å². The van der Waals surface area contributed by atoms with Crippen LogP contribution in [0.15, 0.2) is 17.1 Å². The highest BCUT2D eigenvalue weighted by Crippen LogP contribution is 2.28. The fourth-order valence-corrected chi connectivity index (χ4v) is 2.79. The van der Waals surface area contributed by atoms with Crippen LogP contribution in [0, 0.1) is 5.92 Å². The average Bonchev–Trinajstić information content (AvgIpc) is 2.50. The Morgan fingerprint density at radius 2 is 1.96 bits per heavy atom. The lowest BCUT2D eigenvalue weighted by Gasteiger charge is -2.39. The van der Waals surface area contributed by atoms with Crippen molar-refractivity contribution in [3.63, 3.8) is 0 Å². The molecule has 0 aliphatic carbocycles. The smallest absolute Gasteiger partial charge is 0.339 e. The minimum absolute atomic E-state index is 0.161. The maximum atomic E-state index is 12.8. The van der Waals surface area contributed by atoms with Crippen LogP contribution in [0.1, 0.15) is 36.7 Å². The minimum Gasteiger partial charge on any atom is -0.339 e. The molecule has 25 heavy (non-hydrogen) atoms. The Bertz CT molecular complexity index is 727. The predicted molar refractivity (Wildman–Crippen MR) is 84.0 cm³/mol. The van der Waals surface area contributed by atoms with Crippen LogP contribution in [-0.4, -0.2) is 52.3 Å². The molecule has 1 aliphatic heterocycles. The Balaban J connectivity index is 2.27. The van der Waals surface area contributed by atoms with Crippen LogP contribution in [0.25, 0.3) is 0 Å². The molecular formula is C16H20F3N3O3. The molecule has 1 N–H and O–H groups in total. The third kappa shape index (κ3) is 4.02. The first-order valence-electron chi connectivity index (χ1n) is 7.92. The summed E-state index contributed by atoms with van der Waals surface area (Å²) in [5.74, 6) is -0.904. The maximum Gasteiger partial charge on any atom is 0.417 e. The van der Waals surface area contributed by atoms with Crippen LogP contribution in [0.2, 0.25) is 0 Å². The molecule has 1 unspecified atom stereocenters. The molecule has 0 spiro atoms. The van der Waals surface area contributed by atoms with Crippen molar-refractivity contribution in [2.75, 3.05) is 19.6 Å². The second-order valence-corrected chi connectivity index (χ2v) is 6.48. The first kappa shape index (κ1) is 19.0. The van der Waals surface area contributed by atoms with Gasteiger partial charge < -0.3 is 14.8 Å². The van der Waals surface area contributed by atoms with Gasteiger partial charge in [0.2, 0.25) is 5.91 Å². The molecule has 138 valence electrons. The van der Waals surface area contributed by atoms with Crippen LogP contribution < -0.4 is 5.56 Å². The molecule has 1 atom stereocenters. The number of pyridine rings is 1. The number of piperazine rings is 1. The van der Waals surface area contributed by atoms with E-state index in [4.69, 9.17) is 0 Å². The number of H-pyrrole nitrogens is 1.